The molecule has 0 aliphatic carbocycles. The lowest BCUT2D eigenvalue weighted by atomic mass is 10.1. The number of nitriles is 1. The molecule has 26 heavy (non-hydrogen) atoms. The Morgan fingerprint density at radius 1 is 1.23 bits per heavy atom. The third-order valence-electron chi connectivity index (χ3n) is 4.82. The third kappa shape index (κ3) is 4.40. The van der Waals surface area contributed by atoms with Gasteiger partial charge in [-0.05, 0) is 58.2 Å². The van der Waals surface area contributed by atoms with Gasteiger partial charge in [0, 0.05) is 31.9 Å². The van der Waals surface area contributed by atoms with Gasteiger partial charge >= 0.3 is 6.09 Å². The van der Waals surface area contributed by atoms with Crippen LogP contribution in [0.2, 0.25) is 0 Å². The molecule has 1 aromatic rings. The minimum absolute atomic E-state index is 0.0341. The molecule has 1 N–H and O–H groups in total. The molecule has 140 valence electrons. The first kappa shape index (κ1) is 18.4. The second kappa shape index (κ2) is 7.45. The van der Waals surface area contributed by atoms with Crippen LogP contribution in [-0.4, -0.2) is 43.9 Å². The van der Waals surface area contributed by atoms with Crippen molar-refractivity contribution in [2.24, 2.45) is 0 Å². The maximum Gasteiger partial charge on any atom is 0.407 e. The fourth-order valence-corrected chi connectivity index (χ4v) is 3.62. The molecule has 1 aromatic carbocycles. The van der Waals surface area contributed by atoms with Gasteiger partial charge in [0.05, 0.1) is 17.3 Å². The molecule has 1 amide bonds. The Hall–Kier alpha value is -2.42. The van der Waals surface area contributed by atoms with Crippen LogP contribution < -0.4 is 15.1 Å². The van der Waals surface area contributed by atoms with Gasteiger partial charge in [-0.3, -0.25) is 0 Å². The van der Waals surface area contributed by atoms with Crippen LogP contribution in [-0.2, 0) is 4.74 Å². The monoisotopic (exact) mass is 356 g/mol. The Morgan fingerprint density at radius 2 is 1.96 bits per heavy atom. The first-order valence-electron chi connectivity index (χ1n) is 9.39. The summed E-state index contributed by atoms with van der Waals surface area (Å²) in [6, 6.07) is 8.42. The molecule has 2 aliphatic rings. The predicted octanol–water partition coefficient (Wildman–Crippen LogP) is 3.26. The minimum atomic E-state index is -0.500. The summed E-state index contributed by atoms with van der Waals surface area (Å²) in [5.41, 5.74) is 2.33. The molecule has 0 unspecified atom stereocenters. The topological polar surface area (TPSA) is 68.6 Å². The number of anilines is 2. The van der Waals surface area contributed by atoms with Gasteiger partial charge in [-0.1, -0.05) is 0 Å². The van der Waals surface area contributed by atoms with E-state index in [4.69, 9.17) is 4.74 Å². The van der Waals surface area contributed by atoms with Crippen molar-refractivity contribution >= 4 is 17.5 Å². The lowest BCUT2D eigenvalue weighted by Gasteiger charge is -2.25. The molecule has 1 atom stereocenters. The molecule has 6 heteroatoms. The summed E-state index contributed by atoms with van der Waals surface area (Å²) >= 11 is 0. The lowest BCUT2D eigenvalue weighted by molar-refractivity contribution is 0.0509. The Morgan fingerprint density at radius 3 is 2.62 bits per heavy atom. The Balaban J connectivity index is 1.68. The number of carbonyl (C=O) groups is 1. The van der Waals surface area contributed by atoms with Crippen LogP contribution in [0.5, 0.6) is 0 Å². The highest BCUT2D eigenvalue weighted by molar-refractivity contribution is 5.70. The number of amides is 1. The number of hydrogen-bond donors (Lipinski definition) is 1. The molecule has 2 heterocycles. The lowest BCUT2D eigenvalue weighted by Crippen LogP contribution is -2.40. The normalized spacial score (nSPS) is 20.2. The first-order valence-corrected chi connectivity index (χ1v) is 9.39. The van der Waals surface area contributed by atoms with Crippen LogP contribution in [0.15, 0.2) is 18.2 Å². The average Bonchev–Trinajstić information content (AvgIpc) is 3.24. The zero-order chi connectivity index (χ0) is 18.7. The van der Waals surface area contributed by atoms with Gasteiger partial charge in [0.1, 0.15) is 11.7 Å². The maximum absolute atomic E-state index is 12.0. The molecule has 0 spiro atoms. The van der Waals surface area contributed by atoms with Gasteiger partial charge < -0.3 is 19.9 Å². The summed E-state index contributed by atoms with van der Waals surface area (Å²) in [4.78, 5) is 16.6. The molecule has 6 nitrogen and oxygen atoms in total. The van der Waals surface area contributed by atoms with Crippen LogP contribution in [0.3, 0.4) is 0 Å². The summed E-state index contributed by atoms with van der Waals surface area (Å²) in [5.74, 6) is 0. The third-order valence-corrected chi connectivity index (χ3v) is 4.82. The van der Waals surface area contributed by atoms with E-state index in [0.717, 1.165) is 31.7 Å². The molecule has 2 fully saturated rings. The SMILES string of the molecule is CC(C)(C)OC(=O)N[C@H]1CCN(c2cc(N3CCCC3)ccc2C#N)C1. The maximum atomic E-state index is 12.0. The van der Waals surface area contributed by atoms with Crippen LogP contribution in [0.4, 0.5) is 16.2 Å². The van der Waals surface area contributed by atoms with Crippen molar-refractivity contribution in [2.75, 3.05) is 36.0 Å². The number of nitrogens with one attached hydrogen (secondary N) is 1. The second-order valence-electron chi connectivity index (χ2n) is 8.09. The number of rotatable bonds is 3. The van der Waals surface area contributed by atoms with Crippen molar-refractivity contribution in [3.05, 3.63) is 23.8 Å². The van der Waals surface area contributed by atoms with E-state index in [1.54, 1.807) is 0 Å². The van der Waals surface area contributed by atoms with E-state index >= 15 is 0 Å². The van der Waals surface area contributed by atoms with Crippen molar-refractivity contribution in [3.8, 4) is 6.07 Å². The molecule has 0 radical (unpaired) electrons. The number of hydrogen-bond acceptors (Lipinski definition) is 5. The largest absolute Gasteiger partial charge is 0.444 e. The van der Waals surface area contributed by atoms with Crippen LogP contribution in [0.25, 0.3) is 0 Å². The van der Waals surface area contributed by atoms with E-state index in [2.05, 4.69) is 27.3 Å². The number of ether oxygens (including phenoxy) is 1. The van der Waals surface area contributed by atoms with Gasteiger partial charge in [0.15, 0.2) is 0 Å². The van der Waals surface area contributed by atoms with Crippen molar-refractivity contribution in [3.63, 3.8) is 0 Å². The van der Waals surface area contributed by atoms with Crippen molar-refractivity contribution in [1.29, 1.82) is 5.26 Å². The van der Waals surface area contributed by atoms with E-state index in [-0.39, 0.29) is 12.1 Å². The molecular formula is C20H28N4O2. The Bertz CT molecular complexity index is 699. The fraction of sp³-hybridized carbons (Fsp3) is 0.600. The van der Waals surface area contributed by atoms with E-state index < -0.39 is 5.60 Å². The van der Waals surface area contributed by atoms with Crippen LogP contribution >= 0.6 is 0 Å². The molecule has 3 rings (SSSR count). The molecule has 0 aromatic heterocycles. The summed E-state index contributed by atoms with van der Waals surface area (Å²) in [5, 5.41) is 12.4. The van der Waals surface area contributed by atoms with Gasteiger partial charge in [-0.2, -0.15) is 5.26 Å². The minimum Gasteiger partial charge on any atom is -0.444 e. The quantitative estimate of drug-likeness (QED) is 0.900. The molecule has 2 aliphatic heterocycles. The molecular weight excluding hydrogens is 328 g/mol. The number of benzene rings is 1. The average molecular weight is 356 g/mol. The highest BCUT2D eigenvalue weighted by Crippen LogP contribution is 2.30. The molecule has 0 bridgehead atoms. The van der Waals surface area contributed by atoms with Crippen LogP contribution in [0.1, 0.15) is 45.6 Å². The molecule has 0 saturated carbocycles. The van der Waals surface area contributed by atoms with Gasteiger partial charge in [-0.25, -0.2) is 4.79 Å². The summed E-state index contributed by atoms with van der Waals surface area (Å²) in [6.07, 6.45) is 2.91. The van der Waals surface area contributed by atoms with E-state index in [0.29, 0.717) is 12.1 Å². The van der Waals surface area contributed by atoms with Gasteiger partial charge in [0.2, 0.25) is 0 Å². The predicted molar refractivity (Wildman–Crippen MR) is 103 cm³/mol. The highest BCUT2D eigenvalue weighted by atomic mass is 16.6. The summed E-state index contributed by atoms with van der Waals surface area (Å²) in [7, 11) is 0. The van der Waals surface area contributed by atoms with Gasteiger partial charge in [0.25, 0.3) is 0 Å². The van der Waals surface area contributed by atoms with Crippen molar-refractivity contribution in [1.82, 2.24) is 5.32 Å². The zero-order valence-corrected chi connectivity index (χ0v) is 15.9. The second-order valence-corrected chi connectivity index (χ2v) is 8.09. The number of nitrogens with zero attached hydrogens (tertiary/aromatic N) is 3. The smallest absolute Gasteiger partial charge is 0.407 e. The van der Waals surface area contributed by atoms with E-state index in [9.17, 15) is 10.1 Å². The highest BCUT2D eigenvalue weighted by Gasteiger charge is 2.28. The summed E-state index contributed by atoms with van der Waals surface area (Å²) in [6.45, 7) is 9.24. The van der Waals surface area contributed by atoms with E-state index in [1.165, 1.54) is 18.5 Å². The first-order chi connectivity index (χ1) is 12.4. The van der Waals surface area contributed by atoms with Crippen molar-refractivity contribution < 1.29 is 9.53 Å². The van der Waals surface area contributed by atoms with Crippen molar-refractivity contribution in [2.45, 2.75) is 51.7 Å². The Labute approximate surface area is 155 Å². The number of carbonyl (C=O) groups excluding carboxylic acids is 1. The Kier molecular flexibility index (Phi) is 5.26. The molecule has 2 saturated heterocycles. The summed E-state index contributed by atoms with van der Waals surface area (Å²) < 4.78 is 5.34. The fourth-order valence-electron chi connectivity index (χ4n) is 3.62. The van der Waals surface area contributed by atoms with Crippen LogP contribution in [0, 0.1) is 11.3 Å². The van der Waals surface area contributed by atoms with E-state index in [1.807, 2.05) is 32.9 Å². The standard InChI is InChI=1S/C20H28N4O2/c1-20(2,3)26-19(25)22-16-8-11-24(14-16)18-12-17(7-6-15(18)13-21)23-9-4-5-10-23/h6-7,12,16H,4-5,8-11,14H2,1-3H3,(H,22,25)/t16-/m0/s1. The van der Waals surface area contributed by atoms with Gasteiger partial charge in [-0.15, -0.1) is 0 Å². The zero-order valence-electron chi connectivity index (χ0n) is 15.9. The number of alkyl carbamates (subject to hydrolysis) is 1.